The van der Waals surface area contributed by atoms with Crippen LogP contribution in [0.1, 0.15) is 92.9 Å². The van der Waals surface area contributed by atoms with Gasteiger partial charge in [0.2, 0.25) is 0 Å². The minimum atomic E-state index is 0.479. The molecule has 1 aromatic heterocycles. The molecular formula is C20H38N2S5. The van der Waals surface area contributed by atoms with Crippen molar-refractivity contribution in [3.63, 3.8) is 0 Å². The van der Waals surface area contributed by atoms with Gasteiger partial charge in [-0.3, -0.25) is 0 Å². The summed E-state index contributed by atoms with van der Waals surface area (Å²) in [6.45, 7) is 14.0. The third-order valence-corrected chi connectivity index (χ3v) is 10.4. The van der Waals surface area contributed by atoms with Gasteiger partial charge in [-0.05, 0) is 58.1 Å². The highest BCUT2D eigenvalue weighted by atomic mass is 33.1. The molecule has 0 aliphatic heterocycles. The van der Waals surface area contributed by atoms with E-state index < -0.39 is 0 Å². The van der Waals surface area contributed by atoms with Gasteiger partial charge in [-0.25, -0.2) is 0 Å². The van der Waals surface area contributed by atoms with Crippen molar-refractivity contribution < 1.29 is 0 Å². The van der Waals surface area contributed by atoms with Crippen molar-refractivity contribution in [3.8, 4) is 0 Å². The van der Waals surface area contributed by atoms with Crippen molar-refractivity contribution >= 4 is 54.5 Å². The quantitative estimate of drug-likeness (QED) is 0.200. The fourth-order valence-corrected chi connectivity index (χ4v) is 8.30. The molecule has 0 aliphatic carbocycles. The Hall–Kier alpha value is 0.960. The molecule has 0 saturated heterocycles. The van der Waals surface area contributed by atoms with Gasteiger partial charge in [0.05, 0.1) is 0 Å². The molecule has 158 valence electrons. The second kappa shape index (κ2) is 14.1. The molecule has 0 aromatic carbocycles. The second-order valence-corrected chi connectivity index (χ2v) is 15.7. The largest absolute Gasteiger partial charge is 0.185 e. The van der Waals surface area contributed by atoms with Crippen molar-refractivity contribution in [2.75, 3.05) is 11.5 Å². The van der Waals surface area contributed by atoms with Gasteiger partial charge in [-0.1, -0.05) is 100 Å². The lowest BCUT2D eigenvalue weighted by molar-refractivity contribution is 0.359. The van der Waals surface area contributed by atoms with E-state index in [9.17, 15) is 0 Å². The van der Waals surface area contributed by atoms with Gasteiger partial charge in [0.15, 0.2) is 8.68 Å². The topological polar surface area (TPSA) is 25.8 Å². The molecule has 2 nitrogen and oxygen atoms in total. The second-order valence-electron chi connectivity index (χ2n) is 9.39. The van der Waals surface area contributed by atoms with Crippen LogP contribution in [0.15, 0.2) is 8.68 Å². The monoisotopic (exact) mass is 466 g/mol. The zero-order chi connectivity index (χ0) is 20.2. The molecule has 0 saturated carbocycles. The molecule has 27 heavy (non-hydrogen) atoms. The molecule has 1 heterocycles. The van der Waals surface area contributed by atoms with E-state index in [0.717, 1.165) is 8.68 Å². The summed E-state index contributed by atoms with van der Waals surface area (Å²) in [5.41, 5.74) is 0.958. The van der Waals surface area contributed by atoms with Gasteiger partial charge < -0.3 is 0 Å². The summed E-state index contributed by atoms with van der Waals surface area (Å²) in [5, 5.41) is 8.63. The van der Waals surface area contributed by atoms with Crippen LogP contribution < -0.4 is 0 Å². The fourth-order valence-electron chi connectivity index (χ4n) is 2.43. The van der Waals surface area contributed by atoms with E-state index >= 15 is 0 Å². The molecule has 0 aliphatic rings. The third kappa shape index (κ3) is 16.4. The van der Waals surface area contributed by atoms with Crippen LogP contribution in [0.25, 0.3) is 0 Å². The van der Waals surface area contributed by atoms with Gasteiger partial charge in [0.25, 0.3) is 0 Å². The van der Waals surface area contributed by atoms with Gasteiger partial charge in [-0.2, -0.15) is 0 Å². The van der Waals surface area contributed by atoms with Crippen LogP contribution in [-0.4, -0.2) is 21.7 Å². The van der Waals surface area contributed by atoms with Gasteiger partial charge in [-0.15, -0.1) is 10.2 Å². The molecule has 1 rings (SSSR count). The maximum absolute atomic E-state index is 4.31. The average molecular weight is 467 g/mol. The van der Waals surface area contributed by atoms with Crippen LogP contribution in [0.5, 0.6) is 0 Å². The predicted octanol–water partition coefficient (Wildman–Crippen LogP) is 9.23. The Kier molecular flexibility index (Phi) is 13.5. The van der Waals surface area contributed by atoms with Crippen molar-refractivity contribution in [3.05, 3.63) is 0 Å². The van der Waals surface area contributed by atoms with Crippen molar-refractivity contribution in [2.45, 2.75) is 102 Å². The molecule has 0 N–H and O–H groups in total. The van der Waals surface area contributed by atoms with Gasteiger partial charge in [0.1, 0.15) is 0 Å². The van der Waals surface area contributed by atoms with Crippen LogP contribution in [0.2, 0.25) is 0 Å². The molecule has 0 bridgehead atoms. The summed E-state index contributed by atoms with van der Waals surface area (Å²) < 4.78 is 2.20. The van der Waals surface area contributed by atoms with E-state index in [1.165, 1.54) is 62.9 Å². The van der Waals surface area contributed by atoms with E-state index in [2.05, 4.69) is 51.7 Å². The van der Waals surface area contributed by atoms with Crippen LogP contribution in [0.3, 0.4) is 0 Å². The summed E-state index contributed by atoms with van der Waals surface area (Å²) in [6, 6.07) is 0. The van der Waals surface area contributed by atoms with Crippen molar-refractivity contribution in [1.29, 1.82) is 0 Å². The molecule has 0 atom stereocenters. The van der Waals surface area contributed by atoms with Crippen molar-refractivity contribution in [2.24, 2.45) is 10.8 Å². The van der Waals surface area contributed by atoms with Gasteiger partial charge >= 0.3 is 0 Å². The minimum absolute atomic E-state index is 0.479. The SMILES string of the molecule is CC(C)(C)CCCCCSSc1nnc(SSCCCCCC(C)(C)C)s1. The number of rotatable bonds is 14. The smallest absolute Gasteiger partial charge is 0.130 e. The first-order valence-corrected chi connectivity index (χ1v) is 15.5. The number of hydrogen-bond acceptors (Lipinski definition) is 7. The molecule has 7 heteroatoms. The van der Waals surface area contributed by atoms with E-state index in [4.69, 9.17) is 0 Å². The Labute approximate surface area is 187 Å². The number of unbranched alkanes of at least 4 members (excludes halogenated alkanes) is 4. The maximum Gasteiger partial charge on any atom is 0.185 e. The molecule has 0 radical (unpaired) electrons. The summed E-state index contributed by atoms with van der Waals surface area (Å²) >= 11 is 1.74. The highest BCUT2D eigenvalue weighted by Crippen LogP contribution is 2.40. The van der Waals surface area contributed by atoms with Crippen molar-refractivity contribution in [1.82, 2.24) is 10.2 Å². The Bertz CT molecular complexity index is 449. The fraction of sp³-hybridized carbons (Fsp3) is 0.900. The maximum atomic E-state index is 4.31. The lowest BCUT2D eigenvalue weighted by atomic mass is 9.90. The first-order chi connectivity index (χ1) is 12.7. The predicted molar refractivity (Wildman–Crippen MR) is 132 cm³/mol. The first-order valence-electron chi connectivity index (χ1n) is 10.1. The van der Waals surface area contributed by atoms with E-state index in [0.29, 0.717) is 10.8 Å². The average Bonchev–Trinajstić information content (AvgIpc) is 2.99. The van der Waals surface area contributed by atoms with E-state index in [1.807, 2.05) is 21.6 Å². The lowest BCUT2D eigenvalue weighted by Gasteiger charge is -2.17. The minimum Gasteiger partial charge on any atom is -0.130 e. The highest BCUT2D eigenvalue weighted by Gasteiger charge is 2.10. The van der Waals surface area contributed by atoms with Gasteiger partial charge in [0, 0.05) is 11.5 Å². The summed E-state index contributed by atoms with van der Waals surface area (Å²) in [5.74, 6) is 2.42. The molecule has 1 aromatic rings. The van der Waals surface area contributed by atoms with Crippen LogP contribution in [0, 0.1) is 10.8 Å². The summed E-state index contributed by atoms with van der Waals surface area (Å²) in [4.78, 5) is 0. The molecule has 0 amide bonds. The highest BCUT2D eigenvalue weighted by molar-refractivity contribution is 8.77. The number of aromatic nitrogens is 2. The first kappa shape index (κ1) is 26.0. The Morgan fingerprint density at radius 2 is 1.04 bits per heavy atom. The summed E-state index contributed by atoms with van der Waals surface area (Å²) in [6.07, 6.45) is 10.6. The molecular weight excluding hydrogens is 429 g/mol. The molecule has 0 unspecified atom stereocenters. The Balaban J connectivity index is 1.99. The number of nitrogens with zero attached hydrogens (tertiary/aromatic N) is 2. The van der Waals surface area contributed by atoms with Crippen LogP contribution in [-0.2, 0) is 0 Å². The standard InChI is InChI=1S/C20H38N2S5/c1-19(2,3)13-9-7-11-15-23-26-17-21-22-18(25-17)27-24-16-12-8-10-14-20(4,5)6/h7-16H2,1-6H3. The molecule has 0 fully saturated rings. The molecule has 0 spiro atoms. The zero-order valence-electron chi connectivity index (χ0n) is 18.0. The van der Waals surface area contributed by atoms with E-state index in [-0.39, 0.29) is 0 Å². The third-order valence-electron chi connectivity index (χ3n) is 3.96. The van der Waals surface area contributed by atoms with E-state index in [1.54, 1.807) is 32.9 Å². The Morgan fingerprint density at radius 3 is 1.41 bits per heavy atom. The Morgan fingerprint density at radius 1 is 0.630 bits per heavy atom. The van der Waals surface area contributed by atoms with Crippen LogP contribution in [0.4, 0.5) is 0 Å². The van der Waals surface area contributed by atoms with Crippen LogP contribution >= 0.6 is 54.5 Å². The zero-order valence-corrected chi connectivity index (χ0v) is 22.1. The normalized spacial score (nSPS) is 12.7. The lowest BCUT2D eigenvalue weighted by Crippen LogP contribution is -2.03. The number of hydrogen-bond donors (Lipinski definition) is 0. The summed E-state index contributed by atoms with van der Waals surface area (Å²) in [7, 11) is 7.44.